The first-order chi connectivity index (χ1) is 8.85. The lowest BCUT2D eigenvalue weighted by Crippen LogP contribution is -2.13. The van der Waals surface area contributed by atoms with Gasteiger partial charge in [0.2, 0.25) is 0 Å². The molecule has 0 fully saturated rings. The predicted octanol–water partition coefficient (Wildman–Crippen LogP) is 3.16. The second-order valence-corrected chi connectivity index (χ2v) is 4.53. The minimum absolute atomic E-state index is 0.781. The summed E-state index contributed by atoms with van der Waals surface area (Å²) < 4.78 is 2.22. The van der Waals surface area contributed by atoms with Gasteiger partial charge in [0.1, 0.15) is 0 Å². The van der Waals surface area contributed by atoms with Crippen molar-refractivity contribution in [3.8, 4) is 12.3 Å². The predicted molar refractivity (Wildman–Crippen MR) is 77.4 cm³/mol. The Morgan fingerprint density at radius 3 is 3.00 bits per heavy atom. The van der Waals surface area contributed by atoms with Gasteiger partial charge in [-0.3, -0.25) is 0 Å². The van der Waals surface area contributed by atoms with Crippen LogP contribution in [0.3, 0.4) is 0 Å². The average Bonchev–Trinajstić information content (AvgIpc) is 2.79. The van der Waals surface area contributed by atoms with Crippen LogP contribution in [0, 0.1) is 12.3 Å². The Kier molecular flexibility index (Phi) is 4.44. The SMILES string of the molecule is C#CCCn1ccc2cc(CNCCC)ccc21. The molecule has 0 radical (unpaired) electrons. The van der Waals surface area contributed by atoms with Crippen molar-refractivity contribution in [3.63, 3.8) is 0 Å². The second-order valence-electron chi connectivity index (χ2n) is 4.53. The number of hydrogen-bond donors (Lipinski definition) is 1. The summed E-state index contributed by atoms with van der Waals surface area (Å²) in [5, 5.41) is 4.72. The number of nitrogens with one attached hydrogen (secondary N) is 1. The number of aryl methyl sites for hydroxylation is 1. The molecule has 0 aliphatic rings. The fourth-order valence-corrected chi connectivity index (χ4v) is 2.15. The lowest BCUT2D eigenvalue weighted by atomic mass is 10.1. The third-order valence-corrected chi connectivity index (χ3v) is 3.09. The quantitative estimate of drug-likeness (QED) is 0.606. The molecule has 0 amide bonds. The molecular weight excluding hydrogens is 220 g/mol. The Morgan fingerprint density at radius 2 is 2.22 bits per heavy atom. The molecule has 0 bridgehead atoms. The van der Waals surface area contributed by atoms with Gasteiger partial charge in [-0.2, -0.15) is 0 Å². The van der Waals surface area contributed by atoms with E-state index in [4.69, 9.17) is 6.42 Å². The summed E-state index contributed by atoms with van der Waals surface area (Å²) in [7, 11) is 0. The fourth-order valence-electron chi connectivity index (χ4n) is 2.15. The van der Waals surface area contributed by atoms with Gasteiger partial charge in [0.05, 0.1) is 0 Å². The average molecular weight is 240 g/mol. The van der Waals surface area contributed by atoms with E-state index in [0.29, 0.717) is 0 Å². The number of benzene rings is 1. The Morgan fingerprint density at radius 1 is 1.33 bits per heavy atom. The molecule has 0 saturated heterocycles. The van der Waals surface area contributed by atoms with E-state index in [2.05, 4.69) is 53.2 Å². The van der Waals surface area contributed by atoms with E-state index in [9.17, 15) is 0 Å². The van der Waals surface area contributed by atoms with Gasteiger partial charge in [0.25, 0.3) is 0 Å². The Hall–Kier alpha value is -1.72. The van der Waals surface area contributed by atoms with Crippen LogP contribution < -0.4 is 5.32 Å². The largest absolute Gasteiger partial charge is 0.347 e. The maximum atomic E-state index is 5.31. The van der Waals surface area contributed by atoms with Gasteiger partial charge in [0, 0.05) is 31.2 Å². The molecule has 2 heteroatoms. The van der Waals surface area contributed by atoms with Gasteiger partial charge in [0.15, 0.2) is 0 Å². The molecule has 1 aromatic carbocycles. The van der Waals surface area contributed by atoms with E-state index >= 15 is 0 Å². The van der Waals surface area contributed by atoms with Crippen molar-refractivity contribution in [3.05, 3.63) is 36.0 Å². The summed E-state index contributed by atoms with van der Waals surface area (Å²) in [6.07, 6.45) is 9.38. The number of aromatic nitrogens is 1. The smallest absolute Gasteiger partial charge is 0.0480 e. The lowest BCUT2D eigenvalue weighted by molar-refractivity contribution is 0.676. The first-order valence-corrected chi connectivity index (χ1v) is 6.57. The number of terminal acetylenes is 1. The molecule has 0 atom stereocenters. The molecule has 0 saturated carbocycles. The summed E-state index contributed by atoms with van der Waals surface area (Å²) >= 11 is 0. The van der Waals surface area contributed by atoms with E-state index in [0.717, 1.165) is 26.1 Å². The van der Waals surface area contributed by atoms with Crippen molar-refractivity contribution in [2.75, 3.05) is 6.54 Å². The zero-order chi connectivity index (χ0) is 12.8. The third-order valence-electron chi connectivity index (χ3n) is 3.09. The van der Waals surface area contributed by atoms with Gasteiger partial charge < -0.3 is 9.88 Å². The van der Waals surface area contributed by atoms with E-state index in [1.54, 1.807) is 0 Å². The molecular formula is C16H20N2. The summed E-state index contributed by atoms with van der Waals surface area (Å²) in [5.74, 6) is 2.69. The van der Waals surface area contributed by atoms with Crippen molar-refractivity contribution in [1.29, 1.82) is 0 Å². The van der Waals surface area contributed by atoms with Crippen LogP contribution in [0.5, 0.6) is 0 Å². The van der Waals surface area contributed by atoms with Gasteiger partial charge in [-0.15, -0.1) is 12.3 Å². The van der Waals surface area contributed by atoms with Gasteiger partial charge in [-0.05, 0) is 42.1 Å². The van der Waals surface area contributed by atoms with Crippen LogP contribution in [0.1, 0.15) is 25.3 Å². The Bertz CT molecular complexity index is 546. The van der Waals surface area contributed by atoms with Crippen LogP contribution in [0.25, 0.3) is 10.9 Å². The summed E-state index contributed by atoms with van der Waals surface area (Å²) in [4.78, 5) is 0. The highest BCUT2D eigenvalue weighted by Crippen LogP contribution is 2.18. The molecule has 0 spiro atoms. The molecule has 1 heterocycles. The fraction of sp³-hybridized carbons (Fsp3) is 0.375. The van der Waals surface area contributed by atoms with Crippen LogP contribution in [0.2, 0.25) is 0 Å². The van der Waals surface area contributed by atoms with Crippen LogP contribution in [-0.2, 0) is 13.1 Å². The normalized spacial score (nSPS) is 10.7. The van der Waals surface area contributed by atoms with Crippen molar-refractivity contribution >= 4 is 10.9 Å². The molecule has 2 aromatic rings. The van der Waals surface area contributed by atoms with Crippen LogP contribution >= 0.6 is 0 Å². The lowest BCUT2D eigenvalue weighted by Gasteiger charge is -2.05. The van der Waals surface area contributed by atoms with Gasteiger partial charge in [-0.25, -0.2) is 0 Å². The van der Waals surface area contributed by atoms with Crippen molar-refractivity contribution in [2.45, 2.75) is 32.9 Å². The maximum absolute atomic E-state index is 5.31. The third kappa shape index (κ3) is 2.94. The monoisotopic (exact) mass is 240 g/mol. The molecule has 0 aliphatic carbocycles. The molecule has 2 rings (SSSR count). The first-order valence-electron chi connectivity index (χ1n) is 6.57. The molecule has 1 N–H and O–H groups in total. The van der Waals surface area contributed by atoms with Crippen molar-refractivity contribution < 1.29 is 0 Å². The zero-order valence-electron chi connectivity index (χ0n) is 10.9. The first kappa shape index (κ1) is 12.7. The second kappa shape index (κ2) is 6.28. The highest BCUT2D eigenvalue weighted by atomic mass is 14.9. The van der Waals surface area contributed by atoms with Gasteiger partial charge in [-0.1, -0.05) is 13.0 Å². The maximum Gasteiger partial charge on any atom is 0.0480 e. The highest BCUT2D eigenvalue weighted by Gasteiger charge is 2.01. The molecule has 94 valence electrons. The van der Waals surface area contributed by atoms with Crippen molar-refractivity contribution in [2.24, 2.45) is 0 Å². The number of fused-ring (bicyclic) bond motifs is 1. The van der Waals surface area contributed by atoms with Crippen LogP contribution in [0.15, 0.2) is 30.5 Å². The Balaban J connectivity index is 2.12. The zero-order valence-corrected chi connectivity index (χ0v) is 10.9. The number of rotatable bonds is 6. The van der Waals surface area contributed by atoms with Gasteiger partial charge >= 0.3 is 0 Å². The molecule has 2 nitrogen and oxygen atoms in total. The minimum Gasteiger partial charge on any atom is -0.347 e. The summed E-state index contributed by atoms with van der Waals surface area (Å²) in [5.41, 5.74) is 2.61. The topological polar surface area (TPSA) is 17.0 Å². The number of hydrogen-bond acceptors (Lipinski definition) is 1. The molecule has 1 aromatic heterocycles. The molecule has 0 unspecified atom stereocenters. The van der Waals surface area contributed by atoms with E-state index in [1.165, 1.54) is 22.9 Å². The van der Waals surface area contributed by atoms with E-state index in [-0.39, 0.29) is 0 Å². The number of nitrogens with zero attached hydrogens (tertiary/aromatic N) is 1. The standard InChI is InChI=1S/C16H20N2/c1-3-5-10-18-11-8-15-12-14(6-7-16(15)18)13-17-9-4-2/h1,6-8,11-12,17H,4-5,9-10,13H2,2H3. The molecule has 0 aliphatic heterocycles. The van der Waals surface area contributed by atoms with Crippen molar-refractivity contribution in [1.82, 2.24) is 9.88 Å². The van der Waals surface area contributed by atoms with Crippen LogP contribution in [0.4, 0.5) is 0 Å². The van der Waals surface area contributed by atoms with E-state index < -0.39 is 0 Å². The summed E-state index contributed by atoms with van der Waals surface area (Å²) in [6.45, 7) is 5.09. The molecule has 18 heavy (non-hydrogen) atoms. The highest BCUT2D eigenvalue weighted by molar-refractivity contribution is 5.80. The minimum atomic E-state index is 0.781. The Labute approximate surface area is 109 Å². The van der Waals surface area contributed by atoms with E-state index in [1.807, 2.05) is 0 Å². The summed E-state index contributed by atoms with van der Waals surface area (Å²) in [6, 6.07) is 8.80. The van der Waals surface area contributed by atoms with Crippen LogP contribution in [-0.4, -0.2) is 11.1 Å².